The molecule has 0 radical (unpaired) electrons. The SMILES string of the molecule is C[C@H]1CN(S(=O)(=O)c2ccc(C(F)(F)F)nc2)C[C@H](C)S1. The van der Waals surface area contributed by atoms with Crippen LogP contribution in [-0.2, 0) is 16.2 Å². The molecule has 1 aromatic rings. The maximum Gasteiger partial charge on any atom is 0.433 e. The zero-order valence-electron chi connectivity index (χ0n) is 11.5. The first kappa shape index (κ1) is 16.6. The summed E-state index contributed by atoms with van der Waals surface area (Å²) < 4.78 is 63.5. The van der Waals surface area contributed by atoms with Gasteiger partial charge in [0.15, 0.2) is 0 Å². The van der Waals surface area contributed by atoms with E-state index in [4.69, 9.17) is 0 Å². The minimum atomic E-state index is -4.58. The van der Waals surface area contributed by atoms with Crippen LogP contribution < -0.4 is 0 Å². The van der Waals surface area contributed by atoms with Gasteiger partial charge in [-0.1, -0.05) is 13.8 Å². The van der Waals surface area contributed by atoms with Crippen LogP contribution in [0.15, 0.2) is 23.2 Å². The van der Waals surface area contributed by atoms with Crippen LogP contribution >= 0.6 is 11.8 Å². The predicted octanol–water partition coefficient (Wildman–Crippen LogP) is 2.61. The van der Waals surface area contributed by atoms with Crippen molar-refractivity contribution in [2.45, 2.75) is 35.4 Å². The maximum absolute atomic E-state index is 12.4. The second kappa shape index (κ2) is 5.77. The molecule has 0 aromatic carbocycles. The number of rotatable bonds is 2. The third-order valence-corrected chi connectivity index (χ3v) is 6.09. The largest absolute Gasteiger partial charge is 0.433 e. The fourth-order valence-corrected chi connectivity index (χ4v) is 5.25. The zero-order valence-corrected chi connectivity index (χ0v) is 13.1. The number of pyridine rings is 1. The van der Waals surface area contributed by atoms with Crippen LogP contribution in [0.1, 0.15) is 19.5 Å². The van der Waals surface area contributed by atoms with Crippen molar-refractivity contribution in [3.63, 3.8) is 0 Å². The van der Waals surface area contributed by atoms with Crippen LogP contribution in [0.4, 0.5) is 13.2 Å². The highest BCUT2D eigenvalue weighted by atomic mass is 32.2. The van der Waals surface area contributed by atoms with Crippen molar-refractivity contribution < 1.29 is 21.6 Å². The maximum atomic E-state index is 12.4. The van der Waals surface area contributed by atoms with Gasteiger partial charge in [-0.05, 0) is 12.1 Å². The van der Waals surface area contributed by atoms with Crippen LogP contribution in [-0.4, -0.2) is 41.3 Å². The minimum absolute atomic E-state index is 0.144. The second-order valence-corrected chi connectivity index (χ2v) is 8.78. The van der Waals surface area contributed by atoms with Crippen molar-refractivity contribution >= 4 is 21.8 Å². The van der Waals surface area contributed by atoms with Gasteiger partial charge in [-0.2, -0.15) is 29.2 Å². The quantitative estimate of drug-likeness (QED) is 0.830. The van der Waals surface area contributed by atoms with Crippen molar-refractivity contribution in [3.8, 4) is 0 Å². The molecule has 1 aliphatic rings. The van der Waals surface area contributed by atoms with Crippen molar-refractivity contribution in [3.05, 3.63) is 24.0 Å². The van der Waals surface area contributed by atoms with Crippen molar-refractivity contribution in [2.75, 3.05) is 13.1 Å². The monoisotopic (exact) mass is 340 g/mol. The molecule has 0 N–H and O–H groups in total. The molecule has 0 amide bonds. The van der Waals surface area contributed by atoms with Gasteiger partial charge in [0, 0.05) is 29.8 Å². The lowest BCUT2D eigenvalue weighted by atomic mass is 10.3. The Kier molecular flexibility index (Phi) is 4.55. The van der Waals surface area contributed by atoms with Crippen LogP contribution in [0.3, 0.4) is 0 Å². The average molecular weight is 340 g/mol. The Labute approximate surface area is 125 Å². The van der Waals surface area contributed by atoms with Gasteiger partial charge in [0.05, 0.1) is 0 Å². The number of sulfonamides is 1. The molecule has 1 saturated heterocycles. The van der Waals surface area contributed by atoms with Crippen molar-refractivity contribution in [1.29, 1.82) is 0 Å². The Morgan fingerprint density at radius 1 is 1.24 bits per heavy atom. The van der Waals surface area contributed by atoms with Gasteiger partial charge < -0.3 is 0 Å². The molecule has 2 heterocycles. The Balaban J connectivity index is 2.27. The Morgan fingerprint density at radius 3 is 2.24 bits per heavy atom. The van der Waals surface area contributed by atoms with Gasteiger partial charge >= 0.3 is 6.18 Å². The Morgan fingerprint density at radius 2 is 1.81 bits per heavy atom. The third kappa shape index (κ3) is 3.70. The van der Waals surface area contributed by atoms with Gasteiger partial charge in [-0.3, -0.25) is 4.98 Å². The molecule has 0 bridgehead atoms. The molecule has 1 aromatic heterocycles. The van der Waals surface area contributed by atoms with Crippen LogP contribution in [0.2, 0.25) is 0 Å². The van der Waals surface area contributed by atoms with E-state index in [1.54, 1.807) is 11.8 Å². The summed E-state index contributed by atoms with van der Waals surface area (Å²) in [5.41, 5.74) is -1.10. The van der Waals surface area contributed by atoms with Gasteiger partial charge in [0.25, 0.3) is 0 Å². The van der Waals surface area contributed by atoms with Crippen LogP contribution in [0.25, 0.3) is 0 Å². The van der Waals surface area contributed by atoms with Gasteiger partial charge in [0.1, 0.15) is 10.6 Å². The fourth-order valence-electron chi connectivity index (χ4n) is 2.18. The Hall–Kier alpha value is -0.800. The lowest BCUT2D eigenvalue weighted by Gasteiger charge is -2.33. The zero-order chi connectivity index (χ0) is 15.8. The highest BCUT2D eigenvalue weighted by Crippen LogP contribution is 2.30. The van der Waals surface area contributed by atoms with E-state index in [1.807, 2.05) is 13.8 Å². The van der Waals surface area contributed by atoms with Crippen LogP contribution in [0, 0.1) is 0 Å². The van der Waals surface area contributed by atoms with E-state index in [9.17, 15) is 21.6 Å². The summed E-state index contributed by atoms with van der Waals surface area (Å²) in [7, 11) is -3.80. The van der Waals surface area contributed by atoms with E-state index in [-0.39, 0.29) is 15.4 Å². The van der Waals surface area contributed by atoms with Crippen molar-refractivity contribution in [1.82, 2.24) is 9.29 Å². The highest BCUT2D eigenvalue weighted by Gasteiger charge is 2.35. The van der Waals surface area contributed by atoms with Gasteiger partial charge in [0.2, 0.25) is 10.0 Å². The van der Waals surface area contributed by atoms with Gasteiger partial charge in [-0.15, -0.1) is 0 Å². The summed E-state index contributed by atoms with van der Waals surface area (Å²) in [6.07, 6.45) is -3.80. The molecule has 0 aliphatic carbocycles. The van der Waals surface area contributed by atoms with E-state index in [0.29, 0.717) is 19.2 Å². The summed E-state index contributed by atoms with van der Waals surface area (Å²) in [5, 5.41) is 0.289. The molecular weight excluding hydrogens is 325 g/mol. The topological polar surface area (TPSA) is 50.3 Å². The molecule has 2 rings (SSSR count). The lowest BCUT2D eigenvalue weighted by molar-refractivity contribution is -0.141. The minimum Gasteiger partial charge on any atom is -0.250 e. The number of nitrogens with zero attached hydrogens (tertiary/aromatic N) is 2. The first-order valence-corrected chi connectivity index (χ1v) is 8.68. The number of alkyl halides is 3. The molecule has 4 nitrogen and oxygen atoms in total. The summed E-state index contributed by atoms with van der Waals surface area (Å²) in [4.78, 5) is 3.01. The first-order chi connectivity index (χ1) is 9.60. The second-order valence-electron chi connectivity index (χ2n) is 4.96. The fraction of sp³-hybridized carbons (Fsp3) is 0.583. The first-order valence-electron chi connectivity index (χ1n) is 6.29. The Bertz CT molecular complexity index is 592. The number of hydrogen-bond acceptors (Lipinski definition) is 4. The molecule has 2 atom stereocenters. The highest BCUT2D eigenvalue weighted by molar-refractivity contribution is 8.00. The van der Waals surface area contributed by atoms with Crippen molar-refractivity contribution in [2.24, 2.45) is 0 Å². The van der Waals surface area contributed by atoms with Crippen LogP contribution in [0.5, 0.6) is 0 Å². The van der Waals surface area contributed by atoms with E-state index >= 15 is 0 Å². The summed E-state index contributed by atoms with van der Waals surface area (Å²) >= 11 is 1.69. The average Bonchev–Trinajstić information content (AvgIpc) is 2.36. The van der Waals surface area contributed by atoms with E-state index in [2.05, 4.69) is 4.98 Å². The molecular formula is C12H15F3N2O2S2. The number of halogens is 3. The molecule has 9 heteroatoms. The molecule has 1 aliphatic heterocycles. The number of hydrogen-bond donors (Lipinski definition) is 0. The van der Waals surface area contributed by atoms with E-state index < -0.39 is 21.9 Å². The number of thioether (sulfide) groups is 1. The summed E-state index contributed by atoms with van der Waals surface area (Å²) in [5.74, 6) is 0. The van der Waals surface area contributed by atoms with Gasteiger partial charge in [-0.25, -0.2) is 8.42 Å². The summed E-state index contributed by atoms with van der Waals surface area (Å²) in [6, 6.07) is 1.65. The van der Waals surface area contributed by atoms with E-state index in [0.717, 1.165) is 12.3 Å². The third-order valence-electron chi connectivity index (χ3n) is 3.05. The molecule has 1 fully saturated rings. The lowest BCUT2D eigenvalue weighted by Crippen LogP contribution is -2.43. The predicted molar refractivity (Wildman–Crippen MR) is 74.5 cm³/mol. The van der Waals surface area contributed by atoms with E-state index in [1.165, 1.54) is 4.31 Å². The molecule has 118 valence electrons. The number of aromatic nitrogens is 1. The summed E-state index contributed by atoms with van der Waals surface area (Å²) in [6.45, 7) is 4.54. The molecule has 0 saturated carbocycles. The normalized spacial score (nSPS) is 25.0. The molecule has 0 unspecified atom stereocenters. The molecule has 0 spiro atoms. The standard InChI is InChI=1S/C12H15F3N2O2S2/c1-8-6-17(7-9(2)20-8)21(18,19)10-3-4-11(16-5-10)12(13,14)15/h3-5,8-9H,6-7H2,1-2H3/t8-,9-/m0/s1. The molecule has 21 heavy (non-hydrogen) atoms. The smallest absolute Gasteiger partial charge is 0.250 e.